The standard InChI is InChI=1S/C27H28FNO2/c1-3-17-31-27-16-14-24(18-25(27)28)22-10-12-23(13-11-22)26-15-9-21(19-29-26)8-6-4-5-7-20(2)30/h3,6,8-16,18-20,30H,1,4-5,7,17H2,2H3. The molecule has 3 nitrogen and oxygen atoms in total. The van der Waals surface area contributed by atoms with Gasteiger partial charge < -0.3 is 9.84 Å². The van der Waals surface area contributed by atoms with Crippen molar-refractivity contribution in [2.45, 2.75) is 32.3 Å². The Labute approximate surface area is 183 Å². The van der Waals surface area contributed by atoms with Crippen molar-refractivity contribution in [1.82, 2.24) is 4.98 Å². The number of halogens is 1. The lowest BCUT2D eigenvalue weighted by molar-refractivity contribution is 0.182. The number of benzene rings is 2. The molecule has 1 N–H and O–H groups in total. The van der Waals surface area contributed by atoms with Gasteiger partial charge in [-0.25, -0.2) is 4.39 Å². The average molecular weight is 418 g/mol. The van der Waals surface area contributed by atoms with Crippen LogP contribution in [-0.2, 0) is 0 Å². The first-order valence-corrected chi connectivity index (χ1v) is 10.5. The van der Waals surface area contributed by atoms with Gasteiger partial charge in [0.15, 0.2) is 11.6 Å². The molecule has 31 heavy (non-hydrogen) atoms. The number of pyridine rings is 1. The number of aliphatic hydroxyl groups excluding tert-OH is 1. The molecule has 4 heteroatoms. The maximum absolute atomic E-state index is 14.2. The van der Waals surface area contributed by atoms with E-state index < -0.39 is 0 Å². The van der Waals surface area contributed by atoms with Gasteiger partial charge in [0.05, 0.1) is 11.8 Å². The number of hydrogen-bond donors (Lipinski definition) is 1. The summed E-state index contributed by atoms with van der Waals surface area (Å²) in [5.41, 5.74) is 4.65. The van der Waals surface area contributed by atoms with Gasteiger partial charge in [0.2, 0.25) is 0 Å². The molecule has 0 aliphatic heterocycles. The van der Waals surface area contributed by atoms with Gasteiger partial charge in [0, 0.05) is 11.8 Å². The van der Waals surface area contributed by atoms with Crippen LogP contribution < -0.4 is 4.74 Å². The van der Waals surface area contributed by atoms with Crippen LogP contribution in [0.2, 0.25) is 0 Å². The van der Waals surface area contributed by atoms with E-state index >= 15 is 0 Å². The summed E-state index contributed by atoms with van der Waals surface area (Å²) in [5.74, 6) is -0.166. The third-order valence-electron chi connectivity index (χ3n) is 4.89. The Morgan fingerprint density at radius 1 is 1.06 bits per heavy atom. The minimum Gasteiger partial charge on any atom is -0.486 e. The number of ether oxygens (including phenoxy) is 1. The smallest absolute Gasteiger partial charge is 0.165 e. The Morgan fingerprint density at radius 2 is 1.81 bits per heavy atom. The fraction of sp³-hybridized carbons (Fsp3) is 0.222. The monoisotopic (exact) mass is 417 g/mol. The largest absolute Gasteiger partial charge is 0.486 e. The molecule has 0 saturated carbocycles. The van der Waals surface area contributed by atoms with E-state index in [9.17, 15) is 9.50 Å². The first-order chi connectivity index (χ1) is 15.1. The van der Waals surface area contributed by atoms with Crippen LogP contribution in [0.15, 0.2) is 79.5 Å². The zero-order valence-electron chi connectivity index (χ0n) is 17.8. The van der Waals surface area contributed by atoms with Crippen molar-refractivity contribution in [3.8, 4) is 28.1 Å². The minimum atomic E-state index is -0.389. The lowest BCUT2D eigenvalue weighted by Gasteiger charge is -2.08. The Kier molecular flexibility index (Phi) is 8.13. The molecule has 0 saturated heterocycles. The number of allylic oxidation sites excluding steroid dienone is 1. The predicted molar refractivity (Wildman–Crippen MR) is 125 cm³/mol. The van der Waals surface area contributed by atoms with E-state index in [0.29, 0.717) is 0 Å². The van der Waals surface area contributed by atoms with Gasteiger partial charge in [-0.1, -0.05) is 61.2 Å². The lowest BCUT2D eigenvalue weighted by atomic mass is 10.0. The van der Waals surface area contributed by atoms with Crippen molar-refractivity contribution in [2.75, 3.05) is 6.61 Å². The first kappa shape index (κ1) is 22.4. The molecule has 0 aliphatic rings. The third-order valence-corrected chi connectivity index (χ3v) is 4.89. The van der Waals surface area contributed by atoms with E-state index in [-0.39, 0.29) is 24.3 Å². The van der Waals surface area contributed by atoms with Crippen molar-refractivity contribution in [3.05, 3.63) is 90.9 Å². The second kappa shape index (κ2) is 11.2. The summed E-state index contributed by atoms with van der Waals surface area (Å²) >= 11 is 0. The van der Waals surface area contributed by atoms with Crippen molar-refractivity contribution in [1.29, 1.82) is 0 Å². The molecule has 3 aromatic rings. The van der Waals surface area contributed by atoms with Crippen LogP contribution in [0.4, 0.5) is 4.39 Å². The van der Waals surface area contributed by atoms with E-state index in [1.54, 1.807) is 12.1 Å². The minimum absolute atomic E-state index is 0.224. The van der Waals surface area contributed by atoms with Gasteiger partial charge in [-0.15, -0.1) is 0 Å². The van der Waals surface area contributed by atoms with Crippen LogP contribution in [0.5, 0.6) is 5.75 Å². The normalized spacial score (nSPS) is 12.1. The summed E-state index contributed by atoms with van der Waals surface area (Å²) in [5, 5.41) is 9.28. The van der Waals surface area contributed by atoms with Gasteiger partial charge in [0.25, 0.3) is 0 Å². The van der Waals surface area contributed by atoms with Crippen molar-refractivity contribution >= 4 is 6.08 Å². The van der Waals surface area contributed by atoms with Gasteiger partial charge in [-0.2, -0.15) is 0 Å². The number of nitrogens with zero attached hydrogens (tertiary/aromatic N) is 1. The first-order valence-electron chi connectivity index (χ1n) is 10.5. The molecular weight excluding hydrogens is 389 g/mol. The van der Waals surface area contributed by atoms with Crippen LogP contribution in [0, 0.1) is 5.82 Å². The quantitative estimate of drug-likeness (QED) is 0.295. The van der Waals surface area contributed by atoms with Crippen molar-refractivity contribution in [3.63, 3.8) is 0 Å². The average Bonchev–Trinajstić information content (AvgIpc) is 2.78. The molecule has 0 bridgehead atoms. The van der Waals surface area contributed by atoms with E-state index in [0.717, 1.165) is 47.2 Å². The second-order valence-electron chi connectivity index (χ2n) is 7.48. The topological polar surface area (TPSA) is 42.4 Å². The van der Waals surface area contributed by atoms with Crippen LogP contribution in [0.1, 0.15) is 31.7 Å². The number of aliphatic hydroxyl groups is 1. The van der Waals surface area contributed by atoms with Gasteiger partial charge >= 0.3 is 0 Å². The summed E-state index contributed by atoms with van der Waals surface area (Å²) < 4.78 is 19.5. The Hall–Kier alpha value is -3.24. The maximum Gasteiger partial charge on any atom is 0.165 e. The molecule has 1 aromatic heterocycles. The number of hydrogen-bond acceptors (Lipinski definition) is 3. The number of aromatic nitrogens is 1. The predicted octanol–water partition coefficient (Wildman–Crippen LogP) is 6.68. The Morgan fingerprint density at radius 3 is 2.45 bits per heavy atom. The molecule has 0 amide bonds. The summed E-state index contributed by atoms with van der Waals surface area (Å²) in [4.78, 5) is 4.56. The van der Waals surface area contributed by atoms with Crippen LogP contribution >= 0.6 is 0 Å². The molecule has 1 unspecified atom stereocenters. The van der Waals surface area contributed by atoms with E-state index in [2.05, 4.69) is 23.7 Å². The Bertz CT molecular complexity index is 1010. The second-order valence-corrected chi connectivity index (χ2v) is 7.48. The molecule has 160 valence electrons. The molecule has 2 aromatic carbocycles. The van der Waals surface area contributed by atoms with Crippen LogP contribution in [0.25, 0.3) is 28.5 Å². The van der Waals surface area contributed by atoms with E-state index in [4.69, 9.17) is 4.74 Å². The number of rotatable bonds is 10. The molecule has 3 rings (SSSR count). The highest BCUT2D eigenvalue weighted by molar-refractivity contribution is 5.69. The molecule has 1 heterocycles. The van der Waals surface area contributed by atoms with Crippen molar-refractivity contribution in [2.24, 2.45) is 0 Å². The fourth-order valence-electron chi connectivity index (χ4n) is 3.20. The van der Waals surface area contributed by atoms with Gasteiger partial charge in [-0.05, 0) is 61.1 Å². The SMILES string of the molecule is C=CCOc1ccc(-c2ccc(-c3ccc(C=CCCCC(C)O)cn3)cc2)cc1F. The van der Waals surface area contributed by atoms with Crippen LogP contribution in [0.3, 0.4) is 0 Å². The molecule has 0 fully saturated rings. The van der Waals surface area contributed by atoms with Gasteiger partial charge in [0.1, 0.15) is 6.61 Å². The summed E-state index contributed by atoms with van der Waals surface area (Å²) in [6.45, 7) is 5.66. The molecule has 1 atom stereocenters. The summed E-state index contributed by atoms with van der Waals surface area (Å²) in [7, 11) is 0. The Balaban J connectivity index is 1.64. The highest BCUT2D eigenvalue weighted by Crippen LogP contribution is 2.28. The summed E-state index contributed by atoms with van der Waals surface area (Å²) in [6, 6.07) is 16.9. The van der Waals surface area contributed by atoms with Crippen LogP contribution in [-0.4, -0.2) is 22.8 Å². The fourth-order valence-corrected chi connectivity index (χ4v) is 3.20. The van der Waals surface area contributed by atoms with E-state index in [1.165, 1.54) is 6.07 Å². The summed E-state index contributed by atoms with van der Waals surface area (Å²) in [6.07, 6.45) is 10.1. The highest BCUT2D eigenvalue weighted by atomic mass is 19.1. The zero-order chi connectivity index (χ0) is 22.1. The zero-order valence-corrected chi connectivity index (χ0v) is 17.8. The molecule has 0 spiro atoms. The van der Waals surface area contributed by atoms with Crippen molar-refractivity contribution < 1.29 is 14.2 Å². The van der Waals surface area contributed by atoms with E-state index in [1.807, 2.05) is 55.6 Å². The number of unbranched alkanes of at least 4 members (excludes halogenated alkanes) is 1. The highest BCUT2D eigenvalue weighted by Gasteiger charge is 2.07. The third kappa shape index (κ3) is 6.63. The van der Waals surface area contributed by atoms with Gasteiger partial charge in [-0.3, -0.25) is 4.98 Å². The molecular formula is C27H28FNO2. The lowest BCUT2D eigenvalue weighted by Crippen LogP contribution is -1.97. The molecule has 0 radical (unpaired) electrons. The molecule has 0 aliphatic carbocycles. The maximum atomic E-state index is 14.2.